The van der Waals surface area contributed by atoms with Crippen LogP contribution in [0.2, 0.25) is 5.02 Å². The molecule has 5 nitrogen and oxygen atoms in total. The number of carbonyl (C=O) groups excluding carboxylic acids is 2. The first-order chi connectivity index (χ1) is 14.5. The maximum atomic E-state index is 13.1. The Balaban J connectivity index is 1.47. The molecule has 1 saturated heterocycles. The van der Waals surface area contributed by atoms with Crippen molar-refractivity contribution in [3.05, 3.63) is 77.5 Å². The van der Waals surface area contributed by atoms with Crippen LogP contribution in [-0.2, 0) is 4.79 Å². The first kappa shape index (κ1) is 20.2. The third-order valence-corrected chi connectivity index (χ3v) is 5.77. The van der Waals surface area contributed by atoms with E-state index in [2.05, 4.69) is 0 Å². The van der Waals surface area contributed by atoms with Gasteiger partial charge in [0.2, 0.25) is 5.91 Å². The van der Waals surface area contributed by atoms with Gasteiger partial charge < -0.3 is 14.2 Å². The number of anilines is 1. The second kappa shape index (κ2) is 8.76. The monoisotopic (exact) mass is 422 g/mol. The summed E-state index contributed by atoms with van der Waals surface area (Å²) >= 11 is 5.95. The number of nitrogens with zero attached hydrogens (tertiary/aromatic N) is 2. The predicted molar refractivity (Wildman–Crippen MR) is 118 cm³/mol. The molecule has 1 unspecified atom stereocenters. The molecule has 2 amide bonds. The van der Waals surface area contributed by atoms with E-state index in [1.54, 1.807) is 41.3 Å². The molecule has 2 heterocycles. The molecule has 0 spiro atoms. The fraction of sp³-hybridized carbons (Fsp3) is 0.250. The number of hydrogen-bond acceptors (Lipinski definition) is 3. The van der Waals surface area contributed by atoms with Crippen LogP contribution in [0.3, 0.4) is 0 Å². The lowest BCUT2D eigenvalue weighted by Crippen LogP contribution is -2.46. The smallest absolute Gasteiger partial charge is 0.253 e. The molecule has 4 rings (SSSR count). The van der Waals surface area contributed by atoms with Crippen LogP contribution in [0.4, 0.5) is 5.69 Å². The van der Waals surface area contributed by atoms with Crippen LogP contribution in [-0.4, -0.2) is 36.9 Å². The predicted octanol–water partition coefficient (Wildman–Crippen LogP) is 5.12. The zero-order chi connectivity index (χ0) is 21.1. The van der Waals surface area contributed by atoms with Gasteiger partial charge in [-0.25, -0.2) is 0 Å². The average Bonchev–Trinajstić information content (AvgIpc) is 3.33. The minimum Gasteiger partial charge on any atom is -0.464 e. The summed E-state index contributed by atoms with van der Waals surface area (Å²) < 4.78 is 5.44. The number of rotatable bonds is 4. The largest absolute Gasteiger partial charge is 0.464 e. The number of benzene rings is 2. The molecule has 0 saturated carbocycles. The van der Waals surface area contributed by atoms with Crippen LogP contribution in [0.25, 0.3) is 11.3 Å². The molecule has 154 valence electrons. The highest BCUT2D eigenvalue weighted by Gasteiger charge is 2.31. The van der Waals surface area contributed by atoms with E-state index in [-0.39, 0.29) is 17.7 Å². The molecule has 6 heteroatoms. The number of hydrogen-bond donors (Lipinski definition) is 0. The molecule has 0 bridgehead atoms. The Morgan fingerprint density at radius 2 is 1.90 bits per heavy atom. The molecule has 0 N–H and O–H groups in total. The van der Waals surface area contributed by atoms with Gasteiger partial charge in [0.25, 0.3) is 5.91 Å². The van der Waals surface area contributed by atoms with Gasteiger partial charge in [0.15, 0.2) is 0 Å². The van der Waals surface area contributed by atoms with Gasteiger partial charge in [-0.3, -0.25) is 9.59 Å². The van der Waals surface area contributed by atoms with Gasteiger partial charge in [0, 0.05) is 42.0 Å². The normalized spacial score (nSPS) is 16.3. The second-order valence-electron chi connectivity index (χ2n) is 7.52. The number of furan rings is 1. The van der Waals surface area contributed by atoms with Crippen LogP contribution in [0.5, 0.6) is 0 Å². The van der Waals surface area contributed by atoms with Crippen molar-refractivity contribution in [3.8, 4) is 11.3 Å². The van der Waals surface area contributed by atoms with Gasteiger partial charge in [0.1, 0.15) is 5.76 Å². The Hall–Kier alpha value is -3.05. The number of piperidine rings is 1. The van der Waals surface area contributed by atoms with Gasteiger partial charge in [-0.2, -0.15) is 0 Å². The van der Waals surface area contributed by atoms with Gasteiger partial charge in [-0.05, 0) is 61.4 Å². The van der Waals surface area contributed by atoms with Crippen molar-refractivity contribution in [2.45, 2.75) is 12.8 Å². The summed E-state index contributed by atoms with van der Waals surface area (Å²) in [7, 11) is 1.76. The summed E-state index contributed by atoms with van der Waals surface area (Å²) in [5.41, 5.74) is 2.25. The molecule has 1 atom stereocenters. The lowest BCUT2D eigenvalue weighted by molar-refractivity contribution is -0.123. The fourth-order valence-electron chi connectivity index (χ4n) is 3.86. The van der Waals surface area contributed by atoms with E-state index in [9.17, 15) is 9.59 Å². The van der Waals surface area contributed by atoms with Crippen LogP contribution in [0, 0.1) is 5.92 Å². The van der Waals surface area contributed by atoms with Crippen LogP contribution >= 0.6 is 11.6 Å². The van der Waals surface area contributed by atoms with E-state index >= 15 is 0 Å². The molecule has 3 aromatic rings. The molecular weight excluding hydrogens is 400 g/mol. The molecule has 0 aliphatic carbocycles. The SMILES string of the molecule is CN(C(=O)C1CCCN(C(=O)c2cccc(-c3ccco3)c2)C1)c1ccc(Cl)cc1. The lowest BCUT2D eigenvalue weighted by Gasteiger charge is -2.34. The van der Waals surface area contributed by atoms with Crippen molar-refractivity contribution in [1.29, 1.82) is 0 Å². The summed E-state index contributed by atoms with van der Waals surface area (Å²) in [6.07, 6.45) is 3.18. The minimum absolute atomic E-state index is 0.0131. The van der Waals surface area contributed by atoms with E-state index in [1.807, 2.05) is 42.5 Å². The van der Waals surface area contributed by atoms with E-state index in [4.69, 9.17) is 16.0 Å². The maximum absolute atomic E-state index is 13.1. The number of likely N-dealkylation sites (tertiary alicyclic amines) is 1. The first-order valence-corrected chi connectivity index (χ1v) is 10.4. The van der Waals surface area contributed by atoms with Crippen molar-refractivity contribution in [2.75, 3.05) is 25.0 Å². The second-order valence-corrected chi connectivity index (χ2v) is 7.96. The lowest BCUT2D eigenvalue weighted by atomic mass is 9.95. The first-order valence-electron chi connectivity index (χ1n) is 9.99. The third kappa shape index (κ3) is 4.26. The highest BCUT2D eigenvalue weighted by molar-refractivity contribution is 6.30. The molecule has 0 radical (unpaired) electrons. The summed E-state index contributed by atoms with van der Waals surface area (Å²) in [6, 6.07) is 18.3. The molecule has 2 aromatic carbocycles. The number of halogens is 1. The maximum Gasteiger partial charge on any atom is 0.253 e. The average molecular weight is 423 g/mol. The molecule has 1 fully saturated rings. The summed E-state index contributed by atoms with van der Waals surface area (Å²) in [5.74, 6) is 0.451. The molecule has 1 aromatic heterocycles. The van der Waals surface area contributed by atoms with Crippen LogP contribution < -0.4 is 4.90 Å². The van der Waals surface area contributed by atoms with Gasteiger partial charge in [-0.15, -0.1) is 0 Å². The zero-order valence-corrected chi connectivity index (χ0v) is 17.5. The fourth-order valence-corrected chi connectivity index (χ4v) is 3.99. The molecule has 30 heavy (non-hydrogen) atoms. The standard InChI is InChI=1S/C24H23ClN2O3/c1-26(21-11-9-20(25)10-12-21)23(28)19-7-3-13-27(16-19)24(29)18-6-2-5-17(15-18)22-8-4-14-30-22/h2,4-6,8-12,14-15,19H,3,7,13,16H2,1H3. The molecule has 1 aliphatic heterocycles. The van der Waals surface area contributed by atoms with E-state index in [0.717, 1.165) is 29.9 Å². The Morgan fingerprint density at radius 3 is 2.63 bits per heavy atom. The van der Waals surface area contributed by atoms with Gasteiger partial charge in [-0.1, -0.05) is 23.7 Å². The summed E-state index contributed by atoms with van der Waals surface area (Å²) in [5, 5.41) is 0.630. The van der Waals surface area contributed by atoms with E-state index in [0.29, 0.717) is 23.7 Å². The summed E-state index contributed by atoms with van der Waals surface area (Å²) in [6.45, 7) is 1.07. The van der Waals surface area contributed by atoms with Gasteiger partial charge >= 0.3 is 0 Å². The Morgan fingerprint density at radius 1 is 1.10 bits per heavy atom. The van der Waals surface area contributed by atoms with E-state index < -0.39 is 0 Å². The highest BCUT2D eigenvalue weighted by atomic mass is 35.5. The number of carbonyl (C=O) groups is 2. The topological polar surface area (TPSA) is 53.8 Å². The van der Waals surface area contributed by atoms with Crippen molar-refractivity contribution >= 4 is 29.1 Å². The highest BCUT2D eigenvalue weighted by Crippen LogP contribution is 2.26. The Bertz CT molecular complexity index is 1030. The Labute approximate surface area is 180 Å². The van der Waals surface area contributed by atoms with Crippen molar-refractivity contribution in [1.82, 2.24) is 4.90 Å². The molecule has 1 aliphatic rings. The van der Waals surface area contributed by atoms with Crippen molar-refractivity contribution in [2.24, 2.45) is 5.92 Å². The van der Waals surface area contributed by atoms with Gasteiger partial charge in [0.05, 0.1) is 12.2 Å². The van der Waals surface area contributed by atoms with E-state index in [1.165, 1.54) is 0 Å². The number of amides is 2. The molecular formula is C24H23ClN2O3. The van der Waals surface area contributed by atoms with Crippen LogP contribution in [0.1, 0.15) is 23.2 Å². The summed E-state index contributed by atoms with van der Waals surface area (Å²) in [4.78, 5) is 29.6. The Kier molecular flexibility index (Phi) is 5.91. The minimum atomic E-state index is -0.225. The third-order valence-electron chi connectivity index (χ3n) is 5.52. The van der Waals surface area contributed by atoms with Crippen molar-refractivity contribution in [3.63, 3.8) is 0 Å². The zero-order valence-electron chi connectivity index (χ0n) is 16.8. The quantitative estimate of drug-likeness (QED) is 0.586. The van der Waals surface area contributed by atoms with Crippen molar-refractivity contribution < 1.29 is 14.0 Å². The van der Waals surface area contributed by atoms with Crippen LogP contribution in [0.15, 0.2) is 71.3 Å².